The van der Waals surface area contributed by atoms with Crippen molar-refractivity contribution in [3.05, 3.63) is 0 Å². The van der Waals surface area contributed by atoms with Gasteiger partial charge in [-0.05, 0) is 32.2 Å². The molecule has 16 heavy (non-hydrogen) atoms. The maximum Gasteiger partial charge on any atom is 0.236 e. The van der Waals surface area contributed by atoms with Crippen molar-refractivity contribution < 1.29 is 4.79 Å². The van der Waals surface area contributed by atoms with Gasteiger partial charge in [-0.1, -0.05) is 22.9 Å². The lowest BCUT2D eigenvalue weighted by Gasteiger charge is -2.36. The Balaban J connectivity index is 1.83. The van der Waals surface area contributed by atoms with Gasteiger partial charge in [-0.2, -0.15) is 0 Å². The Morgan fingerprint density at radius 2 is 1.94 bits per heavy atom. The van der Waals surface area contributed by atoms with Crippen LogP contribution >= 0.6 is 15.9 Å². The van der Waals surface area contributed by atoms with E-state index in [4.69, 9.17) is 0 Å². The van der Waals surface area contributed by atoms with E-state index in [0.717, 1.165) is 38.9 Å². The summed E-state index contributed by atoms with van der Waals surface area (Å²) >= 11 is 3.45. The summed E-state index contributed by atoms with van der Waals surface area (Å²) in [5, 5.41) is 0. The largest absolute Gasteiger partial charge is 0.339 e. The molecule has 2 heterocycles. The fourth-order valence-corrected chi connectivity index (χ4v) is 3.27. The van der Waals surface area contributed by atoms with Gasteiger partial charge < -0.3 is 9.80 Å². The van der Waals surface area contributed by atoms with E-state index in [-0.39, 0.29) is 4.83 Å². The van der Waals surface area contributed by atoms with Crippen LogP contribution in [0.4, 0.5) is 0 Å². The van der Waals surface area contributed by atoms with Crippen LogP contribution in [0, 0.1) is 0 Å². The fourth-order valence-electron chi connectivity index (χ4n) is 2.80. The lowest BCUT2D eigenvalue weighted by atomic mass is 10.0. The van der Waals surface area contributed by atoms with E-state index in [0.29, 0.717) is 11.9 Å². The number of carbonyl (C=O) groups excluding carboxylic acids is 1. The first-order chi connectivity index (χ1) is 7.72. The van der Waals surface area contributed by atoms with E-state index in [1.807, 2.05) is 0 Å². The van der Waals surface area contributed by atoms with Gasteiger partial charge in [0.25, 0.3) is 0 Å². The van der Waals surface area contributed by atoms with Gasteiger partial charge in [0.05, 0.1) is 4.83 Å². The van der Waals surface area contributed by atoms with Crippen LogP contribution in [0.2, 0.25) is 0 Å². The number of carbonyl (C=O) groups is 1. The van der Waals surface area contributed by atoms with Gasteiger partial charge in [0.15, 0.2) is 0 Å². The molecule has 3 nitrogen and oxygen atoms in total. The Morgan fingerprint density at radius 1 is 1.25 bits per heavy atom. The average Bonchev–Trinajstić information content (AvgIpc) is 2.62. The number of rotatable bonds is 3. The van der Waals surface area contributed by atoms with Crippen molar-refractivity contribution in [3.63, 3.8) is 0 Å². The van der Waals surface area contributed by atoms with Gasteiger partial charge in [-0.15, -0.1) is 0 Å². The zero-order valence-electron chi connectivity index (χ0n) is 9.99. The molecule has 0 bridgehead atoms. The Labute approximate surface area is 106 Å². The Morgan fingerprint density at radius 3 is 2.44 bits per heavy atom. The van der Waals surface area contributed by atoms with Crippen molar-refractivity contribution in [2.45, 2.75) is 43.5 Å². The maximum atomic E-state index is 11.9. The quantitative estimate of drug-likeness (QED) is 0.740. The molecule has 0 aliphatic carbocycles. The number of nitrogens with zero attached hydrogens (tertiary/aromatic N) is 2. The second kappa shape index (κ2) is 5.50. The van der Waals surface area contributed by atoms with Crippen LogP contribution in [0.5, 0.6) is 0 Å². The molecule has 0 aromatic heterocycles. The molecular formula is C12H21BrN2O. The van der Waals surface area contributed by atoms with E-state index < -0.39 is 0 Å². The van der Waals surface area contributed by atoms with Crippen LogP contribution in [0.25, 0.3) is 0 Å². The van der Waals surface area contributed by atoms with E-state index in [1.165, 1.54) is 13.0 Å². The van der Waals surface area contributed by atoms with E-state index >= 15 is 0 Å². The van der Waals surface area contributed by atoms with Crippen LogP contribution in [0.3, 0.4) is 0 Å². The molecule has 1 unspecified atom stereocenters. The Hall–Kier alpha value is -0.0900. The number of amides is 1. The Bertz CT molecular complexity index is 251. The Kier molecular flexibility index (Phi) is 4.25. The molecule has 0 spiro atoms. The number of piperidine rings is 1. The highest BCUT2D eigenvalue weighted by Crippen LogP contribution is 2.25. The predicted molar refractivity (Wildman–Crippen MR) is 68.8 cm³/mol. The van der Waals surface area contributed by atoms with Crippen molar-refractivity contribution >= 4 is 21.8 Å². The molecule has 1 amide bonds. The summed E-state index contributed by atoms with van der Waals surface area (Å²) in [7, 11) is 0. The maximum absolute atomic E-state index is 11.9. The molecule has 0 saturated carbocycles. The molecule has 0 radical (unpaired) electrons. The van der Waals surface area contributed by atoms with Crippen LogP contribution in [0.1, 0.15) is 32.6 Å². The van der Waals surface area contributed by atoms with Crippen LogP contribution in [-0.4, -0.2) is 52.8 Å². The molecule has 0 aromatic carbocycles. The molecule has 2 fully saturated rings. The third kappa shape index (κ3) is 2.59. The van der Waals surface area contributed by atoms with Gasteiger partial charge in [0, 0.05) is 25.7 Å². The third-order valence-electron chi connectivity index (χ3n) is 3.71. The van der Waals surface area contributed by atoms with E-state index in [1.54, 1.807) is 0 Å². The minimum absolute atomic E-state index is 0.0844. The predicted octanol–water partition coefficient (Wildman–Crippen LogP) is 1.86. The number of hydrogen-bond donors (Lipinski definition) is 0. The summed E-state index contributed by atoms with van der Waals surface area (Å²) < 4.78 is 0. The number of halogens is 1. The van der Waals surface area contributed by atoms with Crippen LogP contribution < -0.4 is 0 Å². The third-order valence-corrected chi connectivity index (χ3v) is 4.56. The molecular weight excluding hydrogens is 268 g/mol. The number of hydrogen-bond acceptors (Lipinski definition) is 2. The number of likely N-dealkylation sites (tertiary alicyclic amines) is 2. The standard InChI is InChI=1S/C12H21BrN2O/c1-2-6-14-7-3-10(4-8-14)15-9-5-11(13)12(15)16/h10-11H,2-9H2,1H3. The topological polar surface area (TPSA) is 23.6 Å². The molecule has 2 aliphatic rings. The van der Waals surface area contributed by atoms with Gasteiger partial charge in [-0.25, -0.2) is 0 Å². The van der Waals surface area contributed by atoms with Gasteiger partial charge in [-0.3, -0.25) is 4.79 Å². The zero-order chi connectivity index (χ0) is 11.5. The first-order valence-electron chi connectivity index (χ1n) is 6.39. The molecule has 0 aromatic rings. The first-order valence-corrected chi connectivity index (χ1v) is 7.31. The number of alkyl halides is 1. The van der Waals surface area contributed by atoms with Crippen molar-refractivity contribution in [2.24, 2.45) is 0 Å². The van der Waals surface area contributed by atoms with Crippen molar-refractivity contribution in [1.82, 2.24) is 9.80 Å². The summed E-state index contributed by atoms with van der Waals surface area (Å²) in [6.07, 6.45) is 4.53. The summed E-state index contributed by atoms with van der Waals surface area (Å²) in [6, 6.07) is 0.503. The molecule has 2 saturated heterocycles. The normalized spacial score (nSPS) is 29.0. The molecule has 1 atom stereocenters. The minimum Gasteiger partial charge on any atom is -0.339 e. The van der Waals surface area contributed by atoms with Gasteiger partial charge in [0.1, 0.15) is 0 Å². The van der Waals surface area contributed by atoms with Crippen LogP contribution in [-0.2, 0) is 4.79 Å². The summed E-state index contributed by atoms with van der Waals surface area (Å²) in [5.41, 5.74) is 0. The fraction of sp³-hybridized carbons (Fsp3) is 0.917. The zero-order valence-corrected chi connectivity index (χ0v) is 11.6. The summed E-state index contributed by atoms with van der Waals surface area (Å²) in [5.74, 6) is 0.314. The highest BCUT2D eigenvalue weighted by molar-refractivity contribution is 9.10. The van der Waals surface area contributed by atoms with Crippen LogP contribution in [0.15, 0.2) is 0 Å². The molecule has 2 aliphatic heterocycles. The van der Waals surface area contributed by atoms with Crippen molar-refractivity contribution in [1.29, 1.82) is 0 Å². The van der Waals surface area contributed by atoms with E-state index in [9.17, 15) is 4.79 Å². The second-order valence-corrected chi connectivity index (χ2v) is 5.97. The van der Waals surface area contributed by atoms with Crippen molar-refractivity contribution in [3.8, 4) is 0 Å². The first kappa shape index (κ1) is 12.4. The highest BCUT2D eigenvalue weighted by atomic mass is 79.9. The van der Waals surface area contributed by atoms with Gasteiger partial charge in [0.2, 0.25) is 5.91 Å². The minimum atomic E-state index is 0.0844. The van der Waals surface area contributed by atoms with Crippen molar-refractivity contribution in [2.75, 3.05) is 26.2 Å². The van der Waals surface area contributed by atoms with E-state index in [2.05, 4.69) is 32.7 Å². The smallest absolute Gasteiger partial charge is 0.236 e. The van der Waals surface area contributed by atoms with Gasteiger partial charge >= 0.3 is 0 Å². The monoisotopic (exact) mass is 288 g/mol. The summed E-state index contributed by atoms with van der Waals surface area (Å²) in [4.78, 5) is 16.6. The average molecular weight is 289 g/mol. The second-order valence-electron chi connectivity index (χ2n) is 4.86. The highest BCUT2D eigenvalue weighted by Gasteiger charge is 2.35. The lowest BCUT2D eigenvalue weighted by molar-refractivity contribution is -0.130. The molecule has 92 valence electrons. The molecule has 2 rings (SSSR count). The SMILES string of the molecule is CCCN1CCC(N2CCC(Br)C2=O)CC1. The molecule has 4 heteroatoms. The summed E-state index contributed by atoms with van der Waals surface area (Å²) in [6.45, 7) is 6.71. The lowest BCUT2D eigenvalue weighted by Crippen LogP contribution is -2.46. The molecule has 0 N–H and O–H groups in total.